The zero-order valence-corrected chi connectivity index (χ0v) is 13.4. The molecule has 1 saturated heterocycles. The Morgan fingerprint density at radius 2 is 2.00 bits per heavy atom. The molecule has 1 aliphatic heterocycles. The first kappa shape index (κ1) is 15.8. The van der Waals surface area contributed by atoms with E-state index in [0.29, 0.717) is 11.8 Å². The van der Waals surface area contributed by atoms with Gasteiger partial charge in [-0.05, 0) is 37.0 Å². The molecule has 116 valence electrons. The van der Waals surface area contributed by atoms with E-state index in [0.717, 1.165) is 38.8 Å². The minimum atomic E-state index is -0.0191. The Kier molecular flexibility index (Phi) is 4.75. The maximum absolute atomic E-state index is 12.9. The quantitative estimate of drug-likeness (QED) is 0.843. The lowest BCUT2D eigenvalue weighted by molar-refractivity contribution is -0.147. The number of likely N-dealkylation sites (tertiary alicyclic amines) is 1. The largest absolute Gasteiger partial charge is 0.380 e. The Balaban J connectivity index is 2.08. The Bertz CT molecular complexity index is 356. The molecule has 2 rings (SSSR count). The standard InChI is InChI=1S/C16H30N2O2/c1-11-14(17)8-7-13(16(11,2)3)15(19)18-9-5-6-12(10-18)20-4/h11-14H,5-10,17H2,1-4H3. The third kappa shape index (κ3) is 2.86. The fourth-order valence-corrected chi connectivity index (χ4v) is 3.84. The molecule has 20 heavy (non-hydrogen) atoms. The molecule has 1 amide bonds. The summed E-state index contributed by atoms with van der Waals surface area (Å²) in [5.74, 6) is 0.802. The molecule has 1 heterocycles. The third-order valence-corrected chi connectivity index (χ3v) is 5.82. The zero-order chi connectivity index (χ0) is 14.9. The van der Waals surface area contributed by atoms with Gasteiger partial charge in [0.1, 0.15) is 0 Å². The van der Waals surface area contributed by atoms with Crippen LogP contribution in [-0.4, -0.2) is 43.2 Å². The Hall–Kier alpha value is -0.610. The van der Waals surface area contributed by atoms with Crippen LogP contribution in [0, 0.1) is 17.3 Å². The van der Waals surface area contributed by atoms with Crippen molar-refractivity contribution in [3.05, 3.63) is 0 Å². The lowest BCUT2D eigenvalue weighted by Crippen LogP contribution is -2.54. The highest BCUT2D eigenvalue weighted by molar-refractivity contribution is 5.80. The van der Waals surface area contributed by atoms with Crippen molar-refractivity contribution in [1.29, 1.82) is 0 Å². The maximum atomic E-state index is 12.9. The highest BCUT2D eigenvalue weighted by atomic mass is 16.5. The zero-order valence-electron chi connectivity index (χ0n) is 13.4. The summed E-state index contributed by atoms with van der Waals surface area (Å²) < 4.78 is 5.44. The molecule has 4 atom stereocenters. The van der Waals surface area contributed by atoms with Gasteiger partial charge in [-0.1, -0.05) is 20.8 Å². The number of amides is 1. The predicted molar refractivity (Wildman–Crippen MR) is 80.3 cm³/mol. The maximum Gasteiger partial charge on any atom is 0.226 e. The SMILES string of the molecule is COC1CCCN(C(=O)C2CCC(N)C(C)C2(C)C)C1. The third-order valence-electron chi connectivity index (χ3n) is 5.82. The second kappa shape index (κ2) is 6.02. The van der Waals surface area contributed by atoms with Crippen LogP contribution in [0.25, 0.3) is 0 Å². The number of piperidine rings is 1. The number of nitrogens with zero attached hydrogens (tertiary/aromatic N) is 1. The fourth-order valence-electron chi connectivity index (χ4n) is 3.84. The van der Waals surface area contributed by atoms with E-state index in [-0.39, 0.29) is 23.5 Å². The molecule has 4 heteroatoms. The number of ether oxygens (including phenoxy) is 1. The molecule has 4 nitrogen and oxygen atoms in total. The van der Waals surface area contributed by atoms with Crippen LogP contribution >= 0.6 is 0 Å². The van der Waals surface area contributed by atoms with Crippen molar-refractivity contribution in [3.63, 3.8) is 0 Å². The van der Waals surface area contributed by atoms with Gasteiger partial charge < -0.3 is 15.4 Å². The van der Waals surface area contributed by atoms with Crippen LogP contribution in [0.4, 0.5) is 0 Å². The van der Waals surface area contributed by atoms with Crippen molar-refractivity contribution < 1.29 is 9.53 Å². The molecule has 4 unspecified atom stereocenters. The second-order valence-electron chi connectivity index (χ2n) is 7.19. The summed E-state index contributed by atoms with van der Waals surface area (Å²) in [4.78, 5) is 14.9. The number of nitrogens with two attached hydrogens (primary N) is 1. The van der Waals surface area contributed by atoms with Crippen molar-refractivity contribution in [1.82, 2.24) is 4.90 Å². The van der Waals surface area contributed by atoms with Crippen LogP contribution in [0.3, 0.4) is 0 Å². The molecule has 1 saturated carbocycles. The van der Waals surface area contributed by atoms with Gasteiger partial charge in [0.25, 0.3) is 0 Å². The van der Waals surface area contributed by atoms with Gasteiger partial charge in [-0.15, -0.1) is 0 Å². The van der Waals surface area contributed by atoms with Gasteiger partial charge in [0.2, 0.25) is 5.91 Å². The molecule has 2 N–H and O–H groups in total. The second-order valence-corrected chi connectivity index (χ2v) is 7.19. The first-order valence-electron chi connectivity index (χ1n) is 7.95. The fraction of sp³-hybridized carbons (Fsp3) is 0.938. The molecule has 0 aromatic heterocycles. The topological polar surface area (TPSA) is 55.6 Å². The van der Waals surface area contributed by atoms with Gasteiger partial charge in [0, 0.05) is 32.2 Å². The van der Waals surface area contributed by atoms with Crippen LogP contribution in [0.15, 0.2) is 0 Å². The van der Waals surface area contributed by atoms with Crippen molar-refractivity contribution in [2.24, 2.45) is 23.0 Å². The van der Waals surface area contributed by atoms with E-state index in [9.17, 15) is 4.79 Å². The molecule has 2 fully saturated rings. The summed E-state index contributed by atoms with van der Waals surface area (Å²) in [6, 6.07) is 0.224. The normalized spacial score (nSPS) is 37.8. The number of carbonyl (C=O) groups is 1. The van der Waals surface area contributed by atoms with Crippen LogP contribution in [0.1, 0.15) is 46.5 Å². The van der Waals surface area contributed by atoms with Crippen LogP contribution in [-0.2, 0) is 9.53 Å². The number of carbonyl (C=O) groups excluding carboxylic acids is 1. The van der Waals surface area contributed by atoms with Crippen LogP contribution in [0.2, 0.25) is 0 Å². The van der Waals surface area contributed by atoms with Gasteiger partial charge in [0.05, 0.1) is 6.10 Å². The van der Waals surface area contributed by atoms with Crippen molar-refractivity contribution >= 4 is 5.91 Å². The monoisotopic (exact) mass is 282 g/mol. The van der Waals surface area contributed by atoms with Gasteiger partial charge in [-0.3, -0.25) is 4.79 Å². The Morgan fingerprint density at radius 1 is 1.30 bits per heavy atom. The lowest BCUT2D eigenvalue weighted by Gasteiger charge is -2.48. The molecular formula is C16H30N2O2. The van der Waals surface area contributed by atoms with Gasteiger partial charge in [0.15, 0.2) is 0 Å². The van der Waals surface area contributed by atoms with Crippen molar-refractivity contribution in [2.45, 2.75) is 58.6 Å². The number of hydrogen-bond donors (Lipinski definition) is 1. The molecule has 0 aromatic rings. The number of hydrogen-bond acceptors (Lipinski definition) is 3. The molecule has 0 spiro atoms. The molecule has 2 aliphatic rings. The minimum Gasteiger partial charge on any atom is -0.380 e. The summed E-state index contributed by atoms with van der Waals surface area (Å²) in [5.41, 5.74) is 6.17. The minimum absolute atomic E-state index is 0.0191. The highest BCUT2D eigenvalue weighted by Gasteiger charge is 2.46. The molecular weight excluding hydrogens is 252 g/mol. The van der Waals surface area contributed by atoms with E-state index in [1.165, 1.54) is 0 Å². The smallest absolute Gasteiger partial charge is 0.226 e. The first-order chi connectivity index (χ1) is 9.37. The van der Waals surface area contributed by atoms with Gasteiger partial charge in [-0.25, -0.2) is 0 Å². The van der Waals surface area contributed by atoms with E-state index in [1.54, 1.807) is 7.11 Å². The lowest BCUT2D eigenvalue weighted by atomic mass is 9.60. The van der Waals surface area contributed by atoms with Crippen LogP contribution < -0.4 is 5.73 Å². The summed E-state index contributed by atoms with van der Waals surface area (Å²) in [5, 5.41) is 0. The molecule has 0 bridgehead atoms. The van der Waals surface area contributed by atoms with E-state index in [2.05, 4.69) is 20.8 Å². The average Bonchev–Trinajstić information content (AvgIpc) is 2.44. The first-order valence-corrected chi connectivity index (χ1v) is 7.95. The van der Waals surface area contributed by atoms with E-state index in [4.69, 9.17) is 10.5 Å². The summed E-state index contributed by atoms with van der Waals surface area (Å²) >= 11 is 0. The highest BCUT2D eigenvalue weighted by Crippen LogP contribution is 2.45. The summed E-state index contributed by atoms with van der Waals surface area (Å²) in [7, 11) is 1.74. The molecule has 0 radical (unpaired) electrons. The van der Waals surface area contributed by atoms with Crippen LogP contribution in [0.5, 0.6) is 0 Å². The Morgan fingerprint density at radius 3 is 2.65 bits per heavy atom. The summed E-state index contributed by atoms with van der Waals surface area (Å²) in [6.45, 7) is 8.24. The van der Waals surface area contributed by atoms with E-state index >= 15 is 0 Å². The van der Waals surface area contributed by atoms with Crippen molar-refractivity contribution in [3.8, 4) is 0 Å². The Labute approximate surface area is 123 Å². The van der Waals surface area contributed by atoms with E-state index in [1.807, 2.05) is 4.90 Å². The van der Waals surface area contributed by atoms with E-state index < -0.39 is 0 Å². The molecule has 0 aromatic carbocycles. The number of methoxy groups -OCH3 is 1. The van der Waals surface area contributed by atoms with Crippen molar-refractivity contribution in [2.75, 3.05) is 20.2 Å². The van der Waals surface area contributed by atoms with Gasteiger partial charge >= 0.3 is 0 Å². The summed E-state index contributed by atoms with van der Waals surface area (Å²) in [6.07, 6.45) is 4.20. The number of rotatable bonds is 2. The molecule has 1 aliphatic carbocycles. The predicted octanol–water partition coefficient (Wildman–Crippen LogP) is 2.02. The van der Waals surface area contributed by atoms with Gasteiger partial charge in [-0.2, -0.15) is 0 Å². The average molecular weight is 282 g/mol.